The summed E-state index contributed by atoms with van der Waals surface area (Å²) in [5.74, 6) is 1.85. The van der Waals surface area contributed by atoms with Gasteiger partial charge in [0, 0.05) is 12.6 Å². The minimum absolute atomic E-state index is 0.0492. The van der Waals surface area contributed by atoms with Gasteiger partial charge in [0.25, 0.3) is 0 Å². The van der Waals surface area contributed by atoms with E-state index in [1.54, 1.807) is 13.2 Å². The third kappa shape index (κ3) is 5.60. The van der Waals surface area contributed by atoms with Crippen LogP contribution in [0.3, 0.4) is 0 Å². The number of carbonyl (C=O) groups is 1. The first-order valence-corrected chi connectivity index (χ1v) is 8.57. The molecule has 1 aromatic carbocycles. The van der Waals surface area contributed by atoms with Gasteiger partial charge < -0.3 is 25.2 Å². The Labute approximate surface area is 143 Å². The monoisotopic (exact) mass is 336 g/mol. The molecule has 0 radical (unpaired) electrons. The van der Waals surface area contributed by atoms with Gasteiger partial charge in [-0.2, -0.15) is 0 Å². The van der Waals surface area contributed by atoms with E-state index in [0.717, 1.165) is 18.4 Å². The van der Waals surface area contributed by atoms with Gasteiger partial charge in [0.2, 0.25) is 0 Å². The van der Waals surface area contributed by atoms with Crippen LogP contribution in [0.1, 0.15) is 38.2 Å². The molecule has 3 N–H and O–H groups in total. The molecule has 6 nitrogen and oxygen atoms in total. The maximum Gasteiger partial charge on any atom is 0.315 e. The van der Waals surface area contributed by atoms with Crippen LogP contribution in [-0.2, 0) is 6.54 Å². The molecule has 0 aromatic heterocycles. The number of amides is 2. The summed E-state index contributed by atoms with van der Waals surface area (Å²) in [5.41, 5.74) is 0.926. The van der Waals surface area contributed by atoms with E-state index >= 15 is 0 Å². The number of benzene rings is 1. The fourth-order valence-corrected chi connectivity index (χ4v) is 3.08. The van der Waals surface area contributed by atoms with Crippen LogP contribution in [0.2, 0.25) is 0 Å². The van der Waals surface area contributed by atoms with Crippen molar-refractivity contribution in [1.29, 1.82) is 0 Å². The molecule has 2 rings (SSSR count). The van der Waals surface area contributed by atoms with Gasteiger partial charge >= 0.3 is 6.03 Å². The molecule has 2 atom stereocenters. The zero-order valence-corrected chi connectivity index (χ0v) is 14.5. The van der Waals surface area contributed by atoms with Gasteiger partial charge in [-0.25, -0.2) is 4.79 Å². The molecule has 0 aliphatic heterocycles. The van der Waals surface area contributed by atoms with E-state index in [4.69, 9.17) is 14.6 Å². The predicted octanol–water partition coefficient (Wildman–Crippen LogP) is 2.44. The van der Waals surface area contributed by atoms with E-state index in [-0.39, 0.29) is 25.3 Å². The second kappa shape index (κ2) is 9.37. The van der Waals surface area contributed by atoms with Gasteiger partial charge in [-0.1, -0.05) is 25.8 Å². The highest BCUT2D eigenvalue weighted by molar-refractivity contribution is 5.74. The topological polar surface area (TPSA) is 79.8 Å². The van der Waals surface area contributed by atoms with E-state index in [0.29, 0.717) is 24.0 Å². The van der Waals surface area contributed by atoms with Crippen molar-refractivity contribution in [3.05, 3.63) is 23.8 Å². The van der Waals surface area contributed by atoms with Gasteiger partial charge in [0.15, 0.2) is 11.5 Å². The number of nitrogens with one attached hydrogen (secondary N) is 2. The third-order valence-electron chi connectivity index (χ3n) is 4.30. The maximum absolute atomic E-state index is 12.0. The molecule has 0 saturated heterocycles. The molecule has 0 bridgehead atoms. The Kier molecular flexibility index (Phi) is 7.18. The van der Waals surface area contributed by atoms with Crippen molar-refractivity contribution >= 4 is 6.03 Å². The van der Waals surface area contributed by atoms with E-state index in [2.05, 4.69) is 17.6 Å². The number of hydrogen-bond donors (Lipinski definition) is 3. The summed E-state index contributed by atoms with van der Waals surface area (Å²) in [7, 11) is 1.56. The first-order valence-electron chi connectivity index (χ1n) is 8.57. The summed E-state index contributed by atoms with van der Waals surface area (Å²) >= 11 is 0. The Morgan fingerprint density at radius 3 is 2.88 bits per heavy atom. The van der Waals surface area contributed by atoms with E-state index in [1.807, 2.05) is 12.1 Å². The van der Waals surface area contributed by atoms with Gasteiger partial charge in [-0.3, -0.25) is 0 Å². The van der Waals surface area contributed by atoms with E-state index < -0.39 is 0 Å². The Morgan fingerprint density at radius 2 is 2.17 bits per heavy atom. The van der Waals surface area contributed by atoms with Crippen molar-refractivity contribution in [2.24, 2.45) is 5.92 Å². The number of rotatable bonds is 7. The van der Waals surface area contributed by atoms with Crippen LogP contribution in [0.4, 0.5) is 4.79 Å². The molecule has 1 saturated carbocycles. The average Bonchev–Trinajstić information content (AvgIpc) is 2.58. The Bertz CT molecular complexity index is 536. The van der Waals surface area contributed by atoms with Crippen LogP contribution in [0, 0.1) is 5.92 Å². The fraction of sp³-hybridized carbons (Fsp3) is 0.611. The van der Waals surface area contributed by atoms with Crippen LogP contribution in [0.5, 0.6) is 11.5 Å². The summed E-state index contributed by atoms with van der Waals surface area (Å²) in [5, 5.41) is 14.8. The second-order valence-corrected chi connectivity index (χ2v) is 6.35. The second-order valence-electron chi connectivity index (χ2n) is 6.35. The summed E-state index contributed by atoms with van der Waals surface area (Å²) in [6, 6.07) is 5.63. The lowest BCUT2D eigenvalue weighted by Crippen LogP contribution is -2.43. The standard InChI is InChI=1S/C18H28N2O4/c1-13-4-3-5-15(10-13)20-18(22)19-12-14-6-7-16(24-9-8-21)17(11-14)23-2/h6-7,11,13,15,21H,3-5,8-10,12H2,1-2H3,(H2,19,20,22)/t13-,15+/m0/s1. The third-order valence-corrected chi connectivity index (χ3v) is 4.30. The lowest BCUT2D eigenvalue weighted by Gasteiger charge is -2.27. The zero-order valence-electron chi connectivity index (χ0n) is 14.5. The zero-order chi connectivity index (χ0) is 17.4. The molecule has 1 fully saturated rings. The lowest BCUT2D eigenvalue weighted by molar-refractivity contribution is 0.196. The molecule has 1 aromatic rings. The summed E-state index contributed by atoms with van der Waals surface area (Å²) in [6.07, 6.45) is 4.55. The molecule has 24 heavy (non-hydrogen) atoms. The molecule has 2 amide bonds. The van der Waals surface area contributed by atoms with Crippen molar-refractivity contribution in [3.63, 3.8) is 0 Å². The van der Waals surface area contributed by atoms with Gasteiger partial charge in [0.1, 0.15) is 6.61 Å². The minimum Gasteiger partial charge on any atom is -0.493 e. The first kappa shape index (κ1) is 18.4. The minimum atomic E-state index is -0.131. The number of methoxy groups -OCH3 is 1. The largest absolute Gasteiger partial charge is 0.493 e. The SMILES string of the molecule is COc1cc(CNC(=O)N[C@@H]2CCC[C@H](C)C2)ccc1OCCO. The Morgan fingerprint density at radius 1 is 1.33 bits per heavy atom. The van der Waals surface area contributed by atoms with Crippen molar-refractivity contribution in [3.8, 4) is 11.5 Å². The van der Waals surface area contributed by atoms with Crippen LogP contribution in [0.15, 0.2) is 18.2 Å². The lowest BCUT2D eigenvalue weighted by atomic mass is 9.87. The molecular formula is C18H28N2O4. The predicted molar refractivity (Wildman–Crippen MR) is 92.4 cm³/mol. The molecule has 6 heteroatoms. The Hall–Kier alpha value is -1.95. The van der Waals surface area contributed by atoms with Crippen LogP contribution < -0.4 is 20.1 Å². The molecule has 0 heterocycles. The summed E-state index contributed by atoms with van der Waals surface area (Å²) < 4.78 is 10.7. The number of urea groups is 1. The summed E-state index contributed by atoms with van der Waals surface area (Å²) in [4.78, 5) is 12.0. The van der Waals surface area contributed by atoms with Crippen molar-refractivity contribution in [1.82, 2.24) is 10.6 Å². The number of ether oxygens (including phenoxy) is 2. The van der Waals surface area contributed by atoms with Crippen LogP contribution in [-0.4, -0.2) is 37.5 Å². The number of aliphatic hydroxyl groups excluding tert-OH is 1. The maximum atomic E-state index is 12.0. The molecular weight excluding hydrogens is 308 g/mol. The number of hydrogen-bond acceptors (Lipinski definition) is 4. The molecule has 134 valence electrons. The van der Waals surface area contributed by atoms with E-state index in [1.165, 1.54) is 12.8 Å². The highest BCUT2D eigenvalue weighted by atomic mass is 16.5. The summed E-state index contributed by atoms with van der Waals surface area (Å²) in [6.45, 7) is 2.83. The van der Waals surface area contributed by atoms with E-state index in [9.17, 15) is 4.79 Å². The average molecular weight is 336 g/mol. The van der Waals surface area contributed by atoms with Gasteiger partial charge in [0.05, 0.1) is 13.7 Å². The highest BCUT2D eigenvalue weighted by Gasteiger charge is 2.20. The number of carbonyl (C=O) groups excluding carboxylic acids is 1. The number of aliphatic hydroxyl groups is 1. The molecule has 0 spiro atoms. The smallest absolute Gasteiger partial charge is 0.315 e. The van der Waals surface area contributed by atoms with Gasteiger partial charge in [-0.05, 0) is 36.5 Å². The quantitative estimate of drug-likeness (QED) is 0.714. The molecule has 1 aliphatic rings. The van der Waals surface area contributed by atoms with Crippen molar-refractivity contribution in [2.45, 2.75) is 45.2 Å². The molecule has 1 aliphatic carbocycles. The fourth-order valence-electron chi connectivity index (χ4n) is 3.08. The first-order chi connectivity index (χ1) is 11.6. The normalized spacial score (nSPS) is 20.3. The van der Waals surface area contributed by atoms with Gasteiger partial charge in [-0.15, -0.1) is 0 Å². The van der Waals surface area contributed by atoms with Crippen molar-refractivity contribution in [2.75, 3.05) is 20.3 Å². The van der Waals surface area contributed by atoms with Crippen LogP contribution >= 0.6 is 0 Å². The van der Waals surface area contributed by atoms with Crippen LogP contribution in [0.25, 0.3) is 0 Å². The van der Waals surface area contributed by atoms with Crippen molar-refractivity contribution < 1.29 is 19.4 Å². The molecule has 0 unspecified atom stereocenters. The highest BCUT2D eigenvalue weighted by Crippen LogP contribution is 2.28. The Balaban J connectivity index is 1.83.